The highest BCUT2D eigenvalue weighted by molar-refractivity contribution is 5.95. The Morgan fingerprint density at radius 2 is 2.03 bits per heavy atom. The predicted molar refractivity (Wildman–Crippen MR) is 106 cm³/mol. The van der Waals surface area contributed by atoms with Gasteiger partial charge in [-0.3, -0.25) is 14.9 Å². The number of carbonyl (C=O) groups excluding carboxylic acids is 1. The molecule has 29 heavy (non-hydrogen) atoms. The maximum atomic E-state index is 12.5. The molecular weight excluding hydrogens is 372 g/mol. The highest BCUT2D eigenvalue weighted by Gasteiger charge is 2.33. The van der Waals surface area contributed by atoms with Gasteiger partial charge in [0.2, 0.25) is 11.9 Å². The molecule has 0 spiro atoms. The molecule has 0 unspecified atom stereocenters. The van der Waals surface area contributed by atoms with E-state index in [1.54, 1.807) is 16.8 Å². The van der Waals surface area contributed by atoms with E-state index in [-0.39, 0.29) is 23.9 Å². The van der Waals surface area contributed by atoms with Gasteiger partial charge in [0.25, 0.3) is 5.69 Å². The Morgan fingerprint density at radius 3 is 2.83 bits per heavy atom. The van der Waals surface area contributed by atoms with Gasteiger partial charge in [-0.15, -0.1) is 0 Å². The zero-order chi connectivity index (χ0) is 20.1. The summed E-state index contributed by atoms with van der Waals surface area (Å²) in [7, 11) is 0. The zero-order valence-corrected chi connectivity index (χ0v) is 15.4. The molecule has 0 saturated carbocycles. The molecule has 0 saturated heterocycles. The molecule has 0 aliphatic carbocycles. The van der Waals surface area contributed by atoms with Crippen molar-refractivity contribution in [3.8, 4) is 5.95 Å². The first-order valence-electron chi connectivity index (χ1n) is 9.10. The van der Waals surface area contributed by atoms with Crippen molar-refractivity contribution in [1.29, 1.82) is 0 Å². The van der Waals surface area contributed by atoms with Gasteiger partial charge in [-0.2, -0.15) is 9.78 Å². The third kappa shape index (κ3) is 2.75. The predicted octanol–water partition coefficient (Wildman–Crippen LogP) is 3.44. The number of aromatic amines is 1. The van der Waals surface area contributed by atoms with Gasteiger partial charge < -0.3 is 10.3 Å². The number of benzene rings is 2. The van der Waals surface area contributed by atoms with Gasteiger partial charge in [0, 0.05) is 30.0 Å². The number of aryl methyl sites for hydroxylation is 1. The van der Waals surface area contributed by atoms with E-state index in [4.69, 9.17) is 0 Å². The maximum absolute atomic E-state index is 12.5. The molecule has 1 atom stereocenters. The average Bonchev–Trinajstić information content (AvgIpc) is 3.28. The first-order chi connectivity index (χ1) is 14.0. The van der Waals surface area contributed by atoms with Crippen LogP contribution < -0.4 is 5.32 Å². The number of nitro benzene ring substituents is 1. The van der Waals surface area contributed by atoms with E-state index < -0.39 is 4.92 Å². The Balaban J connectivity index is 1.66. The summed E-state index contributed by atoms with van der Waals surface area (Å²) in [5.74, 6) is 0.535. The highest BCUT2D eigenvalue weighted by atomic mass is 16.6. The minimum atomic E-state index is -0.433. The van der Waals surface area contributed by atoms with Gasteiger partial charge in [0.15, 0.2) is 0 Å². The summed E-state index contributed by atoms with van der Waals surface area (Å²) < 4.78 is 1.59. The van der Waals surface area contributed by atoms with Gasteiger partial charge >= 0.3 is 0 Å². The summed E-state index contributed by atoms with van der Waals surface area (Å²) in [5.41, 5.74) is 3.94. The summed E-state index contributed by atoms with van der Waals surface area (Å²) in [6.07, 6.45) is 0.195. The van der Waals surface area contributed by atoms with Gasteiger partial charge in [0.1, 0.15) is 5.82 Å². The van der Waals surface area contributed by atoms with E-state index in [1.807, 2.05) is 31.2 Å². The number of fused-ring (bicyclic) bond motifs is 2. The Kier molecular flexibility index (Phi) is 3.70. The van der Waals surface area contributed by atoms with Crippen LogP contribution in [0.15, 0.2) is 48.5 Å². The van der Waals surface area contributed by atoms with Crippen molar-refractivity contribution < 1.29 is 9.72 Å². The molecule has 1 aliphatic rings. The Labute approximate surface area is 164 Å². The molecular formula is C20H16N6O3. The van der Waals surface area contributed by atoms with Crippen molar-refractivity contribution in [3.63, 3.8) is 0 Å². The minimum Gasteiger partial charge on any atom is -0.322 e. The number of nitrogens with one attached hydrogen (secondary N) is 2. The fraction of sp³-hybridized carbons (Fsp3) is 0.150. The molecule has 0 radical (unpaired) electrons. The third-order valence-electron chi connectivity index (χ3n) is 5.16. The molecule has 0 fully saturated rings. The fourth-order valence-electron chi connectivity index (χ4n) is 3.88. The molecule has 5 rings (SSSR count). The molecule has 144 valence electrons. The number of non-ortho nitro benzene ring substituents is 1. The number of imidazole rings is 1. The Morgan fingerprint density at radius 1 is 1.21 bits per heavy atom. The molecule has 1 amide bonds. The van der Waals surface area contributed by atoms with Gasteiger partial charge in [0.05, 0.1) is 21.7 Å². The molecule has 9 heteroatoms. The van der Waals surface area contributed by atoms with Crippen LogP contribution in [-0.4, -0.2) is 30.6 Å². The minimum absolute atomic E-state index is 0.00244. The van der Waals surface area contributed by atoms with Crippen molar-refractivity contribution in [1.82, 2.24) is 19.7 Å². The van der Waals surface area contributed by atoms with E-state index in [0.717, 1.165) is 22.3 Å². The molecule has 2 N–H and O–H groups in total. The highest BCUT2D eigenvalue weighted by Crippen LogP contribution is 2.40. The van der Waals surface area contributed by atoms with E-state index in [2.05, 4.69) is 20.4 Å². The number of nitrogens with zero attached hydrogens (tertiary/aromatic N) is 4. The lowest BCUT2D eigenvalue weighted by Crippen LogP contribution is -2.25. The lowest BCUT2D eigenvalue weighted by Gasteiger charge is -2.24. The maximum Gasteiger partial charge on any atom is 0.269 e. The number of aromatic nitrogens is 4. The average molecular weight is 388 g/mol. The van der Waals surface area contributed by atoms with Crippen LogP contribution in [0.2, 0.25) is 0 Å². The Hall–Kier alpha value is -4.01. The van der Waals surface area contributed by atoms with Crippen molar-refractivity contribution in [3.05, 3.63) is 75.5 Å². The lowest BCUT2D eigenvalue weighted by atomic mass is 9.85. The quantitative estimate of drug-likeness (QED) is 0.412. The van der Waals surface area contributed by atoms with Crippen LogP contribution in [0.5, 0.6) is 0 Å². The summed E-state index contributed by atoms with van der Waals surface area (Å²) in [4.78, 5) is 31.0. The SMILES string of the molecule is Cc1nn(-c2nc3ccccc3[nH]2)c2c1[C@H](c1cccc([N+](=O)[O-])c1)CC(=O)N2. The monoisotopic (exact) mass is 388 g/mol. The summed E-state index contributed by atoms with van der Waals surface area (Å²) in [6.45, 7) is 1.86. The van der Waals surface area contributed by atoms with Crippen molar-refractivity contribution >= 4 is 28.4 Å². The van der Waals surface area contributed by atoms with Crippen LogP contribution in [0.1, 0.15) is 29.2 Å². The van der Waals surface area contributed by atoms with E-state index >= 15 is 0 Å². The van der Waals surface area contributed by atoms with Crippen molar-refractivity contribution in [2.45, 2.75) is 19.3 Å². The third-order valence-corrected chi connectivity index (χ3v) is 5.16. The normalized spacial score (nSPS) is 15.9. The van der Waals surface area contributed by atoms with Gasteiger partial charge in [-0.05, 0) is 24.6 Å². The van der Waals surface area contributed by atoms with Crippen molar-refractivity contribution in [2.75, 3.05) is 5.32 Å². The molecule has 2 aromatic carbocycles. The number of amides is 1. The summed E-state index contributed by atoms with van der Waals surface area (Å²) in [5, 5.41) is 18.7. The standard InChI is InChI=1S/C20H16N6O3/c1-11-18-14(12-5-4-6-13(9-12)26(28)29)10-17(27)23-19(18)25(24-11)20-21-15-7-2-3-8-16(15)22-20/h2-9,14H,10H2,1H3,(H,21,22)(H,23,27)/t14-/m0/s1. The van der Waals surface area contributed by atoms with Crippen molar-refractivity contribution in [2.24, 2.45) is 0 Å². The number of para-hydroxylation sites is 2. The van der Waals surface area contributed by atoms with Gasteiger partial charge in [-0.1, -0.05) is 24.3 Å². The first-order valence-corrected chi connectivity index (χ1v) is 9.10. The second-order valence-electron chi connectivity index (χ2n) is 6.99. The molecule has 2 aromatic heterocycles. The van der Waals surface area contributed by atoms with Crippen LogP contribution in [0.25, 0.3) is 17.0 Å². The molecule has 9 nitrogen and oxygen atoms in total. The second kappa shape index (κ2) is 6.26. The molecule has 3 heterocycles. The smallest absolute Gasteiger partial charge is 0.269 e. The first kappa shape index (κ1) is 17.1. The number of hydrogen-bond donors (Lipinski definition) is 2. The molecule has 1 aliphatic heterocycles. The summed E-state index contributed by atoms with van der Waals surface area (Å²) in [6, 6.07) is 14.0. The number of rotatable bonds is 3. The van der Waals surface area contributed by atoms with Crippen LogP contribution in [0, 0.1) is 17.0 Å². The lowest BCUT2D eigenvalue weighted by molar-refractivity contribution is -0.384. The number of hydrogen-bond acceptors (Lipinski definition) is 5. The van der Waals surface area contributed by atoms with Crippen LogP contribution in [0.3, 0.4) is 0 Å². The largest absolute Gasteiger partial charge is 0.322 e. The van der Waals surface area contributed by atoms with E-state index in [9.17, 15) is 14.9 Å². The van der Waals surface area contributed by atoms with E-state index in [1.165, 1.54) is 12.1 Å². The van der Waals surface area contributed by atoms with Crippen LogP contribution in [-0.2, 0) is 4.79 Å². The number of carbonyl (C=O) groups is 1. The topological polar surface area (TPSA) is 119 Å². The second-order valence-corrected chi connectivity index (χ2v) is 6.99. The number of H-pyrrole nitrogens is 1. The number of nitro groups is 1. The van der Waals surface area contributed by atoms with E-state index in [0.29, 0.717) is 17.3 Å². The van der Waals surface area contributed by atoms with Gasteiger partial charge in [-0.25, -0.2) is 4.98 Å². The Bertz CT molecular complexity index is 1260. The zero-order valence-electron chi connectivity index (χ0n) is 15.4. The fourth-order valence-corrected chi connectivity index (χ4v) is 3.88. The molecule has 0 bridgehead atoms. The number of anilines is 1. The summed E-state index contributed by atoms with van der Waals surface area (Å²) >= 11 is 0. The van der Waals surface area contributed by atoms with Crippen LogP contribution >= 0.6 is 0 Å². The molecule has 4 aromatic rings. The van der Waals surface area contributed by atoms with Crippen LogP contribution in [0.4, 0.5) is 11.5 Å².